The van der Waals surface area contributed by atoms with Gasteiger partial charge in [0, 0.05) is 24.7 Å². The lowest BCUT2D eigenvalue weighted by Crippen LogP contribution is -2.31. The number of aryl methyl sites for hydroxylation is 2. The Balaban J connectivity index is 2.11. The zero-order valence-electron chi connectivity index (χ0n) is 10.6. The Labute approximate surface area is 98.4 Å². The number of anilines is 1. The van der Waals surface area contributed by atoms with E-state index in [1.54, 1.807) is 0 Å². The first-order chi connectivity index (χ1) is 7.54. The van der Waals surface area contributed by atoms with E-state index in [1.165, 1.54) is 29.7 Å². The lowest BCUT2D eigenvalue weighted by atomic mass is 10.1. The minimum Gasteiger partial charge on any atom is -0.374 e. The van der Waals surface area contributed by atoms with Crippen molar-refractivity contribution in [2.75, 3.05) is 25.0 Å². The van der Waals surface area contributed by atoms with Gasteiger partial charge in [-0.05, 0) is 56.5 Å². The van der Waals surface area contributed by atoms with E-state index in [1.807, 2.05) is 0 Å². The van der Waals surface area contributed by atoms with Gasteiger partial charge in [0.15, 0.2) is 0 Å². The molecule has 0 atom stereocenters. The number of rotatable bonds is 4. The second-order valence-corrected chi connectivity index (χ2v) is 5.41. The molecule has 0 amide bonds. The van der Waals surface area contributed by atoms with Crippen LogP contribution in [-0.4, -0.2) is 20.1 Å². The Morgan fingerprint density at radius 2 is 1.75 bits per heavy atom. The minimum absolute atomic E-state index is 0.409. The van der Waals surface area contributed by atoms with Gasteiger partial charge in [-0.15, -0.1) is 0 Å². The first-order valence-electron chi connectivity index (χ1n) is 6.04. The molecule has 1 aromatic rings. The van der Waals surface area contributed by atoms with Crippen LogP contribution in [0.3, 0.4) is 0 Å². The molecule has 0 aliphatic heterocycles. The van der Waals surface area contributed by atoms with Crippen molar-refractivity contribution in [2.45, 2.75) is 26.7 Å². The molecule has 1 saturated carbocycles. The quantitative estimate of drug-likeness (QED) is 0.841. The second-order valence-electron chi connectivity index (χ2n) is 5.41. The van der Waals surface area contributed by atoms with Crippen LogP contribution in [0.15, 0.2) is 18.2 Å². The van der Waals surface area contributed by atoms with Gasteiger partial charge in [0.2, 0.25) is 0 Å². The van der Waals surface area contributed by atoms with E-state index in [4.69, 9.17) is 5.73 Å². The highest BCUT2D eigenvalue weighted by atomic mass is 15.1. The van der Waals surface area contributed by atoms with Crippen LogP contribution in [0.4, 0.5) is 5.69 Å². The summed E-state index contributed by atoms with van der Waals surface area (Å²) in [5.41, 5.74) is 10.2. The van der Waals surface area contributed by atoms with Gasteiger partial charge in [0.25, 0.3) is 0 Å². The van der Waals surface area contributed by atoms with Crippen molar-refractivity contribution >= 4 is 5.69 Å². The molecule has 1 aromatic carbocycles. The highest BCUT2D eigenvalue weighted by molar-refractivity contribution is 5.50. The van der Waals surface area contributed by atoms with Gasteiger partial charge in [-0.2, -0.15) is 0 Å². The van der Waals surface area contributed by atoms with Crippen LogP contribution in [0.1, 0.15) is 24.0 Å². The van der Waals surface area contributed by atoms with Crippen LogP contribution in [0, 0.1) is 19.3 Å². The molecule has 0 bridgehead atoms. The largest absolute Gasteiger partial charge is 0.374 e. The molecule has 0 spiro atoms. The molecule has 1 fully saturated rings. The number of hydrogen-bond donors (Lipinski definition) is 1. The maximum atomic E-state index is 5.83. The van der Waals surface area contributed by atoms with Crippen molar-refractivity contribution in [3.63, 3.8) is 0 Å². The Kier molecular flexibility index (Phi) is 2.94. The Hall–Kier alpha value is -1.02. The van der Waals surface area contributed by atoms with Gasteiger partial charge in [0.1, 0.15) is 0 Å². The summed E-state index contributed by atoms with van der Waals surface area (Å²) in [6.07, 6.45) is 2.58. The second kappa shape index (κ2) is 4.10. The third-order valence-electron chi connectivity index (χ3n) is 3.61. The monoisotopic (exact) mass is 218 g/mol. The van der Waals surface area contributed by atoms with Crippen LogP contribution in [-0.2, 0) is 0 Å². The average Bonchev–Trinajstić information content (AvgIpc) is 2.97. The molecule has 1 aliphatic rings. The molecule has 0 radical (unpaired) electrons. The van der Waals surface area contributed by atoms with E-state index in [9.17, 15) is 0 Å². The first kappa shape index (κ1) is 11.5. The summed E-state index contributed by atoms with van der Waals surface area (Å²) in [4.78, 5) is 2.35. The van der Waals surface area contributed by atoms with Gasteiger partial charge < -0.3 is 10.6 Å². The van der Waals surface area contributed by atoms with E-state index in [2.05, 4.69) is 44.0 Å². The predicted molar refractivity (Wildman–Crippen MR) is 69.9 cm³/mol. The summed E-state index contributed by atoms with van der Waals surface area (Å²) in [7, 11) is 2.17. The predicted octanol–water partition coefficient (Wildman–Crippen LogP) is 2.48. The first-order valence-corrected chi connectivity index (χ1v) is 6.04. The molecule has 2 nitrogen and oxygen atoms in total. The summed E-state index contributed by atoms with van der Waals surface area (Å²) in [5.74, 6) is 0. The summed E-state index contributed by atoms with van der Waals surface area (Å²) in [6.45, 7) is 6.22. The highest BCUT2D eigenvalue weighted by Crippen LogP contribution is 2.45. The van der Waals surface area contributed by atoms with Crippen LogP contribution >= 0.6 is 0 Å². The molecule has 0 unspecified atom stereocenters. The van der Waals surface area contributed by atoms with Gasteiger partial charge >= 0.3 is 0 Å². The normalized spacial score (nSPS) is 17.2. The lowest BCUT2D eigenvalue weighted by Gasteiger charge is -2.25. The zero-order valence-corrected chi connectivity index (χ0v) is 10.6. The molecular formula is C14H22N2. The maximum absolute atomic E-state index is 5.83. The van der Waals surface area contributed by atoms with Crippen molar-refractivity contribution in [1.82, 2.24) is 0 Å². The molecule has 0 aromatic heterocycles. The minimum atomic E-state index is 0.409. The van der Waals surface area contributed by atoms with E-state index in [0.29, 0.717) is 5.41 Å². The summed E-state index contributed by atoms with van der Waals surface area (Å²) in [5, 5.41) is 0. The number of nitrogens with two attached hydrogens (primary N) is 1. The topological polar surface area (TPSA) is 29.3 Å². The van der Waals surface area contributed by atoms with E-state index in [0.717, 1.165) is 13.1 Å². The van der Waals surface area contributed by atoms with Gasteiger partial charge in [-0.25, -0.2) is 0 Å². The molecule has 0 heterocycles. The fraction of sp³-hybridized carbons (Fsp3) is 0.571. The number of benzene rings is 1. The van der Waals surface area contributed by atoms with Crippen molar-refractivity contribution in [1.29, 1.82) is 0 Å². The van der Waals surface area contributed by atoms with Crippen molar-refractivity contribution < 1.29 is 0 Å². The van der Waals surface area contributed by atoms with E-state index >= 15 is 0 Å². The fourth-order valence-corrected chi connectivity index (χ4v) is 2.37. The zero-order chi connectivity index (χ0) is 11.8. The molecule has 1 aliphatic carbocycles. The third kappa shape index (κ3) is 2.38. The number of hydrogen-bond acceptors (Lipinski definition) is 2. The Morgan fingerprint density at radius 1 is 1.19 bits per heavy atom. The van der Waals surface area contributed by atoms with E-state index in [-0.39, 0.29) is 0 Å². The van der Waals surface area contributed by atoms with Crippen LogP contribution < -0.4 is 10.6 Å². The van der Waals surface area contributed by atoms with Crippen molar-refractivity contribution in [2.24, 2.45) is 11.1 Å². The van der Waals surface area contributed by atoms with Crippen molar-refractivity contribution in [3.05, 3.63) is 29.3 Å². The van der Waals surface area contributed by atoms with Crippen molar-refractivity contribution in [3.8, 4) is 0 Å². The maximum Gasteiger partial charge on any atom is 0.0369 e. The lowest BCUT2D eigenvalue weighted by molar-refractivity contribution is 0.523. The molecule has 0 saturated heterocycles. The summed E-state index contributed by atoms with van der Waals surface area (Å²) in [6, 6.07) is 6.71. The van der Waals surface area contributed by atoms with Gasteiger partial charge in [0.05, 0.1) is 0 Å². The SMILES string of the molecule is Cc1cc(C)cc(N(C)CC2(CN)CC2)c1. The average molecular weight is 218 g/mol. The molecule has 2 rings (SSSR count). The number of nitrogens with zero attached hydrogens (tertiary/aromatic N) is 1. The summed E-state index contributed by atoms with van der Waals surface area (Å²) < 4.78 is 0. The Morgan fingerprint density at radius 3 is 2.19 bits per heavy atom. The molecule has 88 valence electrons. The molecule has 2 N–H and O–H groups in total. The molecule has 16 heavy (non-hydrogen) atoms. The smallest absolute Gasteiger partial charge is 0.0369 e. The highest BCUT2D eigenvalue weighted by Gasteiger charge is 2.42. The van der Waals surface area contributed by atoms with Gasteiger partial charge in [-0.1, -0.05) is 6.07 Å². The van der Waals surface area contributed by atoms with Crippen LogP contribution in [0.5, 0.6) is 0 Å². The third-order valence-corrected chi connectivity index (χ3v) is 3.61. The van der Waals surface area contributed by atoms with Crippen LogP contribution in [0.2, 0.25) is 0 Å². The standard InChI is InChI=1S/C14H22N2/c1-11-6-12(2)8-13(7-11)16(3)10-14(9-15)4-5-14/h6-8H,4-5,9-10,15H2,1-3H3. The van der Waals surface area contributed by atoms with Crippen LogP contribution in [0.25, 0.3) is 0 Å². The van der Waals surface area contributed by atoms with Gasteiger partial charge in [-0.3, -0.25) is 0 Å². The fourth-order valence-electron chi connectivity index (χ4n) is 2.37. The molecule has 2 heteroatoms. The molecular weight excluding hydrogens is 196 g/mol. The summed E-state index contributed by atoms with van der Waals surface area (Å²) >= 11 is 0. The van der Waals surface area contributed by atoms with E-state index < -0.39 is 0 Å². The Bertz CT molecular complexity index is 360.